The number of anilines is 1. The number of nitrogens with one attached hydrogen (secondary N) is 1. The van der Waals surface area contributed by atoms with Gasteiger partial charge in [0.15, 0.2) is 0 Å². The van der Waals surface area contributed by atoms with Gasteiger partial charge in [-0.05, 0) is 50.7 Å². The summed E-state index contributed by atoms with van der Waals surface area (Å²) in [6.45, 7) is -0.510. The summed E-state index contributed by atoms with van der Waals surface area (Å²) in [6, 6.07) is 2.43. The monoisotopic (exact) mass is 520 g/mol. The molecule has 0 fully saturated rings. The Morgan fingerprint density at radius 1 is 1.33 bits per heavy atom. The van der Waals surface area contributed by atoms with E-state index in [0.29, 0.717) is 9.26 Å². The van der Waals surface area contributed by atoms with Crippen molar-refractivity contribution in [2.75, 3.05) is 18.5 Å². The maximum absolute atomic E-state index is 12.3. The number of hydrogen-bond acceptors (Lipinski definition) is 5. The molecule has 0 spiro atoms. The number of halogens is 5. The average molecular weight is 521 g/mol. The van der Waals surface area contributed by atoms with Gasteiger partial charge in [-0.15, -0.1) is 13.2 Å². The first-order valence-corrected chi connectivity index (χ1v) is 8.19. The zero-order chi connectivity index (χ0) is 18.1. The fraction of sp³-hybridized carbons (Fsp3) is 0.231. The first-order chi connectivity index (χ1) is 11.1. The summed E-state index contributed by atoms with van der Waals surface area (Å²) >= 11 is 4.73. The molecule has 0 saturated carbocycles. The quantitative estimate of drug-likeness (QED) is 0.461. The summed E-state index contributed by atoms with van der Waals surface area (Å²) in [5, 5.41) is 11.5. The minimum atomic E-state index is -4.83. The number of benzene rings is 1. The smallest absolute Gasteiger partial charge is 0.405 e. The number of imide groups is 1. The van der Waals surface area contributed by atoms with Gasteiger partial charge >= 0.3 is 6.36 Å². The number of alkyl halides is 3. The molecule has 0 aromatic heterocycles. The van der Waals surface area contributed by atoms with Crippen LogP contribution in [0.4, 0.5) is 18.9 Å². The Hall–Kier alpha value is -1.34. The van der Waals surface area contributed by atoms with E-state index in [0.717, 1.165) is 17.0 Å². The Kier molecular flexibility index (Phi) is 5.75. The largest absolute Gasteiger partial charge is 0.573 e. The number of aliphatic hydroxyl groups excluding tert-OH is 1. The molecule has 1 aromatic carbocycles. The van der Waals surface area contributed by atoms with Crippen LogP contribution < -0.4 is 10.1 Å². The summed E-state index contributed by atoms with van der Waals surface area (Å²) in [5.74, 6) is -1.64. The molecule has 1 aliphatic heterocycles. The lowest BCUT2D eigenvalue weighted by Crippen LogP contribution is -2.34. The van der Waals surface area contributed by atoms with Crippen molar-refractivity contribution < 1.29 is 32.6 Å². The van der Waals surface area contributed by atoms with Gasteiger partial charge in [-0.2, -0.15) is 0 Å². The molecule has 0 bridgehead atoms. The van der Waals surface area contributed by atoms with Crippen LogP contribution in [-0.4, -0.2) is 41.3 Å². The lowest BCUT2D eigenvalue weighted by Gasteiger charge is -2.16. The highest BCUT2D eigenvalue weighted by molar-refractivity contribution is 14.1. The van der Waals surface area contributed by atoms with E-state index in [1.165, 1.54) is 6.07 Å². The molecule has 6 nitrogen and oxygen atoms in total. The Morgan fingerprint density at radius 3 is 2.58 bits per heavy atom. The Balaban J connectivity index is 2.22. The van der Waals surface area contributed by atoms with Crippen molar-refractivity contribution in [3.63, 3.8) is 0 Å². The van der Waals surface area contributed by atoms with Crippen LogP contribution >= 0.6 is 38.5 Å². The highest BCUT2D eigenvalue weighted by Gasteiger charge is 2.33. The zero-order valence-corrected chi connectivity index (χ0v) is 15.4. The third kappa shape index (κ3) is 4.39. The molecule has 0 atom stereocenters. The number of carbonyl (C=O) groups is 2. The molecule has 2 rings (SSSR count). The number of carbonyl (C=O) groups excluding carboxylic acids is 2. The second kappa shape index (κ2) is 7.27. The minimum absolute atomic E-state index is 0.0207. The van der Waals surface area contributed by atoms with E-state index < -0.39 is 23.9 Å². The molecular formula is C13H9BrF3IN2O4. The number of aliphatic hydroxyl groups is 1. The highest BCUT2D eigenvalue weighted by atomic mass is 127. The van der Waals surface area contributed by atoms with Gasteiger partial charge < -0.3 is 15.2 Å². The van der Waals surface area contributed by atoms with Crippen molar-refractivity contribution in [3.05, 3.63) is 31.9 Å². The summed E-state index contributed by atoms with van der Waals surface area (Å²) in [4.78, 5) is 24.5. The number of nitrogens with zero attached hydrogens (tertiary/aromatic N) is 1. The van der Waals surface area contributed by atoms with E-state index in [1.807, 2.05) is 0 Å². The maximum atomic E-state index is 12.3. The molecule has 11 heteroatoms. The third-order valence-electron chi connectivity index (χ3n) is 2.85. The molecule has 0 radical (unpaired) electrons. The molecule has 1 heterocycles. The molecule has 0 saturated heterocycles. The number of β-amino-alcohol motifs (C(OH)–C–C–N with tert-alkyl or cyclic N) is 1. The van der Waals surface area contributed by atoms with Crippen molar-refractivity contribution in [2.45, 2.75) is 6.36 Å². The Labute approximate surface area is 155 Å². The van der Waals surface area contributed by atoms with Crippen LogP contribution in [0.3, 0.4) is 0 Å². The average Bonchev–Trinajstić information content (AvgIpc) is 2.71. The molecule has 2 N–H and O–H groups in total. The number of rotatable bonds is 5. The van der Waals surface area contributed by atoms with Crippen LogP contribution in [0.25, 0.3) is 0 Å². The third-order valence-corrected chi connectivity index (χ3v) is 4.36. The Bertz CT molecular complexity index is 724. The first-order valence-electron chi connectivity index (χ1n) is 6.32. The molecule has 0 aliphatic carbocycles. The lowest BCUT2D eigenvalue weighted by atomic mass is 10.3. The first kappa shape index (κ1) is 19.0. The predicted octanol–water partition coefficient (Wildman–Crippen LogP) is 2.61. The van der Waals surface area contributed by atoms with Crippen LogP contribution in [0.5, 0.6) is 5.75 Å². The van der Waals surface area contributed by atoms with Crippen LogP contribution in [0.2, 0.25) is 0 Å². The minimum Gasteiger partial charge on any atom is -0.405 e. The lowest BCUT2D eigenvalue weighted by molar-refractivity contribution is -0.274. The van der Waals surface area contributed by atoms with Gasteiger partial charge in [-0.1, -0.05) is 0 Å². The molecule has 1 aliphatic rings. The number of amides is 2. The normalized spacial score (nSPS) is 14.9. The van der Waals surface area contributed by atoms with Crippen LogP contribution in [0.1, 0.15) is 0 Å². The fourth-order valence-corrected chi connectivity index (χ4v) is 2.88. The van der Waals surface area contributed by atoms with Crippen molar-refractivity contribution in [1.82, 2.24) is 4.90 Å². The van der Waals surface area contributed by atoms with Crippen LogP contribution in [0, 0.1) is 3.57 Å². The second-order valence-electron chi connectivity index (χ2n) is 4.51. The molecule has 1 aromatic rings. The van der Waals surface area contributed by atoms with Gasteiger partial charge in [-0.25, -0.2) is 0 Å². The van der Waals surface area contributed by atoms with Gasteiger partial charge in [0.1, 0.15) is 11.4 Å². The van der Waals surface area contributed by atoms with E-state index in [9.17, 15) is 22.8 Å². The van der Waals surface area contributed by atoms with E-state index in [-0.39, 0.29) is 23.3 Å². The molecule has 24 heavy (non-hydrogen) atoms. The summed E-state index contributed by atoms with van der Waals surface area (Å²) in [5.41, 5.74) is 0.276. The SMILES string of the molecule is O=C1C=C(Nc2cc(Br)c(OC(F)(F)F)cc2I)C(=O)N1CCO. The van der Waals surface area contributed by atoms with Crippen molar-refractivity contribution >= 4 is 56.0 Å². The number of ether oxygens (including phenoxy) is 1. The van der Waals surface area contributed by atoms with Gasteiger partial charge in [0.05, 0.1) is 23.3 Å². The summed E-state index contributed by atoms with van der Waals surface area (Å²) in [6.07, 6.45) is -3.77. The van der Waals surface area contributed by atoms with Gasteiger partial charge in [0.2, 0.25) is 0 Å². The molecule has 130 valence electrons. The van der Waals surface area contributed by atoms with E-state index in [4.69, 9.17) is 5.11 Å². The van der Waals surface area contributed by atoms with Crippen LogP contribution in [0.15, 0.2) is 28.4 Å². The molecule has 2 amide bonds. The maximum Gasteiger partial charge on any atom is 0.573 e. The molecule has 0 unspecified atom stereocenters. The topological polar surface area (TPSA) is 78.9 Å². The van der Waals surface area contributed by atoms with Crippen molar-refractivity contribution in [2.24, 2.45) is 0 Å². The van der Waals surface area contributed by atoms with E-state index in [1.54, 1.807) is 22.6 Å². The highest BCUT2D eigenvalue weighted by Crippen LogP contribution is 2.36. The summed E-state index contributed by atoms with van der Waals surface area (Å²) < 4.78 is 41.2. The fourth-order valence-electron chi connectivity index (χ4n) is 1.88. The van der Waals surface area contributed by atoms with Gasteiger partial charge in [0.25, 0.3) is 11.8 Å². The van der Waals surface area contributed by atoms with Crippen molar-refractivity contribution in [1.29, 1.82) is 0 Å². The van der Waals surface area contributed by atoms with Gasteiger partial charge in [-0.3, -0.25) is 14.5 Å². The van der Waals surface area contributed by atoms with E-state index >= 15 is 0 Å². The van der Waals surface area contributed by atoms with E-state index in [2.05, 4.69) is 26.0 Å². The standard InChI is InChI=1S/C13H9BrF3IN2O4/c14-6-3-8(7(18)4-10(6)24-13(15,16)17)19-9-5-11(22)20(1-2-21)12(9)23/h3-5,19,21H,1-2H2. The predicted molar refractivity (Wildman–Crippen MR) is 89.1 cm³/mol. The zero-order valence-electron chi connectivity index (χ0n) is 11.7. The van der Waals surface area contributed by atoms with Crippen molar-refractivity contribution in [3.8, 4) is 5.75 Å². The number of hydrogen-bond donors (Lipinski definition) is 2. The molecular weight excluding hydrogens is 512 g/mol. The van der Waals surface area contributed by atoms with Crippen LogP contribution in [-0.2, 0) is 9.59 Å². The van der Waals surface area contributed by atoms with Gasteiger partial charge in [0, 0.05) is 9.65 Å². The summed E-state index contributed by atoms with van der Waals surface area (Å²) in [7, 11) is 0. The Morgan fingerprint density at radius 2 is 2.00 bits per heavy atom. The second-order valence-corrected chi connectivity index (χ2v) is 6.53.